The number of carbonyl (C=O) groups excluding carboxylic acids is 1. The number of carbonyl (C=O) groups is 1. The van der Waals surface area contributed by atoms with Crippen LogP contribution >= 0.6 is 34.5 Å². The molecule has 124 valence electrons. The van der Waals surface area contributed by atoms with Gasteiger partial charge in [-0.25, -0.2) is 0 Å². The van der Waals surface area contributed by atoms with E-state index in [9.17, 15) is 4.79 Å². The van der Waals surface area contributed by atoms with E-state index in [2.05, 4.69) is 11.1 Å². The van der Waals surface area contributed by atoms with E-state index in [0.29, 0.717) is 14.8 Å². The summed E-state index contributed by atoms with van der Waals surface area (Å²) in [5.41, 5.74) is 4.08. The van der Waals surface area contributed by atoms with E-state index in [1.54, 1.807) is 12.1 Å². The fourth-order valence-corrected chi connectivity index (χ4v) is 4.31. The predicted octanol–water partition coefficient (Wildman–Crippen LogP) is 4.83. The minimum atomic E-state index is -0.184. The number of aryl methyl sites for hydroxylation is 3. The molecule has 1 aromatic heterocycles. The first-order valence-corrected chi connectivity index (χ1v) is 9.01. The monoisotopic (exact) mass is 378 g/mol. The molecule has 3 nitrogen and oxygen atoms in total. The van der Waals surface area contributed by atoms with E-state index < -0.39 is 0 Å². The van der Waals surface area contributed by atoms with Gasteiger partial charge in [-0.3, -0.25) is 4.79 Å². The van der Waals surface area contributed by atoms with Crippen molar-refractivity contribution >= 4 is 50.7 Å². The quantitative estimate of drug-likeness (QED) is 0.628. The van der Waals surface area contributed by atoms with Gasteiger partial charge in [0.2, 0.25) is 0 Å². The smallest absolute Gasteiger partial charge is 0.252 e. The molecule has 0 fully saturated rings. The maximum absolute atomic E-state index is 12.4. The van der Waals surface area contributed by atoms with Gasteiger partial charge in [-0.1, -0.05) is 58.3 Å². The van der Waals surface area contributed by atoms with Crippen molar-refractivity contribution in [2.24, 2.45) is 12.0 Å². The molecule has 3 rings (SSSR count). The van der Waals surface area contributed by atoms with Gasteiger partial charge in [0.1, 0.15) is 0 Å². The molecule has 1 heterocycles. The van der Waals surface area contributed by atoms with Crippen LogP contribution in [0, 0.1) is 13.8 Å². The summed E-state index contributed by atoms with van der Waals surface area (Å²) in [4.78, 5) is 17.2. The van der Waals surface area contributed by atoms with Gasteiger partial charge in [0, 0.05) is 7.05 Å². The third-order valence-corrected chi connectivity index (χ3v) is 5.81. The zero-order valence-corrected chi connectivity index (χ0v) is 15.9. The lowest BCUT2D eigenvalue weighted by molar-refractivity contribution is -0.117. The fraction of sp³-hybridized carbons (Fsp3) is 0.222. The Morgan fingerprint density at radius 3 is 2.54 bits per heavy atom. The molecule has 1 amide bonds. The highest BCUT2D eigenvalue weighted by Gasteiger charge is 2.12. The summed E-state index contributed by atoms with van der Waals surface area (Å²) in [7, 11) is 1.84. The Kier molecular flexibility index (Phi) is 4.81. The zero-order valence-electron chi connectivity index (χ0n) is 13.6. The molecule has 6 heteroatoms. The lowest BCUT2D eigenvalue weighted by Gasteiger charge is -2.04. The Balaban J connectivity index is 2.01. The molecule has 0 N–H and O–H groups in total. The second-order valence-electron chi connectivity index (χ2n) is 5.76. The highest BCUT2D eigenvalue weighted by Crippen LogP contribution is 2.31. The van der Waals surface area contributed by atoms with E-state index in [-0.39, 0.29) is 12.3 Å². The molecular weight excluding hydrogens is 363 g/mol. The fourth-order valence-electron chi connectivity index (χ4n) is 2.64. The molecule has 0 saturated heterocycles. The van der Waals surface area contributed by atoms with Crippen molar-refractivity contribution in [2.75, 3.05) is 0 Å². The van der Waals surface area contributed by atoms with Crippen molar-refractivity contribution in [1.82, 2.24) is 4.57 Å². The lowest BCUT2D eigenvalue weighted by Crippen LogP contribution is -2.14. The molecule has 0 spiro atoms. The molecule has 0 saturated carbocycles. The van der Waals surface area contributed by atoms with Crippen LogP contribution in [0.3, 0.4) is 0 Å². The van der Waals surface area contributed by atoms with Crippen LogP contribution in [0.25, 0.3) is 10.2 Å². The number of rotatable bonds is 2. The van der Waals surface area contributed by atoms with Gasteiger partial charge in [0.25, 0.3) is 5.91 Å². The molecular formula is C18H16Cl2N2OS. The van der Waals surface area contributed by atoms with Crippen LogP contribution in [-0.2, 0) is 18.3 Å². The first-order chi connectivity index (χ1) is 11.4. The van der Waals surface area contributed by atoms with E-state index in [1.165, 1.54) is 16.9 Å². The van der Waals surface area contributed by atoms with Crippen molar-refractivity contribution in [2.45, 2.75) is 20.3 Å². The molecule has 2 aromatic carbocycles. The number of nitrogens with zero attached hydrogens (tertiary/aromatic N) is 2. The second-order valence-corrected chi connectivity index (χ2v) is 7.55. The van der Waals surface area contributed by atoms with Crippen molar-refractivity contribution in [3.05, 3.63) is 61.9 Å². The first-order valence-electron chi connectivity index (χ1n) is 7.44. The molecule has 0 bridgehead atoms. The third kappa shape index (κ3) is 3.27. The molecule has 24 heavy (non-hydrogen) atoms. The van der Waals surface area contributed by atoms with Crippen LogP contribution in [0.5, 0.6) is 0 Å². The Hall–Kier alpha value is -1.62. The summed E-state index contributed by atoms with van der Waals surface area (Å²) in [6, 6.07) is 9.57. The number of benzene rings is 2. The highest BCUT2D eigenvalue weighted by atomic mass is 35.5. The minimum Gasteiger partial charge on any atom is -0.318 e. The number of aromatic nitrogens is 1. The van der Waals surface area contributed by atoms with Gasteiger partial charge >= 0.3 is 0 Å². The van der Waals surface area contributed by atoms with E-state index in [0.717, 1.165) is 21.3 Å². The number of fused-ring (bicyclic) bond motifs is 1. The van der Waals surface area contributed by atoms with E-state index in [1.807, 2.05) is 37.6 Å². The van der Waals surface area contributed by atoms with Crippen LogP contribution < -0.4 is 4.80 Å². The number of amides is 1. The molecule has 3 aromatic rings. The van der Waals surface area contributed by atoms with Crippen molar-refractivity contribution in [1.29, 1.82) is 0 Å². The van der Waals surface area contributed by atoms with Crippen LogP contribution in [0.2, 0.25) is 10.0 Å². The lowest BCUT2D eigenvalue weighted by atomic mass is 10.0. The summed E-state index contributed by atoms with van der Waals surface area (Å²) in [5, 5.41) is 1.20. The number of hydrogen-bond acceptors (Lipinski definition) is 2. The second kappa shape index (κ2) is 6.71. The van der Waals surface area contributed by atoms with Gasteiger partial charge < -0.3 is 4.57 Å². The SMILES string of the molecule is Cc1ccc(CC(=O)N=c2sc3c(Cl)ccc(Cl)c3n2C)c(C)c1. The average molecular weight is 379 g/mol. The van der Waals surface area contributed by atoms with E-state index in [4.69, 9.17) is 23.2 Å². The van der Waals surface area contributed by atoms with Gasteiger partial charge in [-0.15, -0.1) is 0 Å². The van der Waals surface area contributed by atoms with Crippen molar-refractivity contribution < 1.29 is 4.79 Å². The van der Waals surface area contributed by atoms with E-state index >= 15 is 0 Å². The predicted molar refractivity (Wildman–Crippen MR) is 101 cm³/mol. The summed E-state index contributed by atoms with van der Waals surface area (Å²) >= 11 is 13.8. The zero-order chi connectivity index (χ0) is 17.4. The highest BCUT2D eigenvalue weighted by molar-refractivity contribution is 7.17. The molecule has 0 aliphatic carbocycles. The first kappa shape index (κ1) is 17.2. The normalized spacial score (nSPS) is 12.1. The standard InChI is InChI=1S/C18H16Cl2N2OS/c1-10-4-5-12(11(2)8-10)9-15(23)21-18-22(3)16-13(19)6-7-14(20)17(16)24-18/h4-8H,9H2,1-3H3. The Morgan fingerprint density at radius 1 is 1.17 bits per heavy atom. The minimum absolute atomic E-state index is 0.184. The van der Waals surface area contributed by atoms with Crippen LogP contribution in [0.4, 0.5) is 0 Å². The molecule has 0 aliphatic rings. The van der Waals surface area contributed by atoms with Crippen molar-refractivity contribution in [3.63, 3.8) is 0 Å². The third-order valence-electron chi connectivity index (χ3n) is 3.91. The maximum atomic E-state index is 12.4. The summed E-state index contributed by atoms with van der Waals surface area (Å²) in [5.74, 6) is -0.184. The van der Waals surface area contributed by atoms with Crippen LogP contribution in [0.1, 0.15) is 16.7 Å². The summed E-state index contributed by atoms with van der Waals surface area (Å²) in [6.07, 6.45) is 0.280. The van der Waals surface area contributed by atoms with Crippen molar-refractivity contribution in [3.8, 4) is 0 Å². The Labute approximate surface area is 154 Å². The topological polar surface area (TPSA) is 34.4 Å². The summed E-state index contributed by atoms with van der Waals surface area (Å²) in [6.45, 7) is 4.04. The van der Waals surface area contributed by atoms with Gasteiger partial charge in [0.15, 0.2) is 4.80 Å². The molecule has 0 atom stereocenters. The molecule has 0 unspecified atom stereocenters. The largest absolute Gasteiger partial charge is 0.318 e. The number of thiazole rings is 1. The number of hydrogen-bond donors (Lipinski definition) is 0. The average Bonchev–Trinajstić information content (AvgIpc) is 2.84. The molecule has 0 aliphatic heterocycles. The van der Waals surface area contributed by atoms with Crippen LogP contribution in [-0.4, -0.2) is 10.5 Å². The van der Waals surface area contributed by atoms with Crippen LogP contribution in [0.15, 0.2) is 35.3 Å². The Bertz CT molecular complexity index is 1020. The Morgan fingerprint density at radius 2 is 1.88 bits per heavy atom. The van der Waals surface area contributed by atoms with Gasteiger partial charge in [0.05, 0.1) is 26.7 Å². The molecule has 0 radical (unpaired) electrons. The summed E-state index contributed by atoms with van der Waals surface area (Å²) < 4.78 is 2.65. The van der Waals surface area contributed by atoms with Gasteiger partial charge in [-0.05, 0) is 37.1 Å². The van der Waals surface area contributed by atoms with Gasteiger partial charge in [-0.2, -0.15) is 4.99 Å². The number of halogens is 2. The maximum Gasteiger partial charge on any atom is 0.252 e.